The first-order valence-electron chi connectivity index (χ1n) is 10.9. The van der Waals surface area contributed by atoms with Crippen molar-refractivity contribution >= 4 is 21.6 Å². The maximum atomic E-state index is 13.1. The Morgan fingerprint density at radius 2 is 1.70 bits per heavy atom. The van der Waals surface area contributed by atoms with E-state index in [0.717, 1.165) is 28.8 Å². The van der Waals surface area contributed by atoms with Crippen molar-refractivity contribution in [1.29, 1.82) is 0 Å². The second kappa shape index (κ2) is 9.39. The van der Waals surface area contributed by atoms with Crippen LogP contribution >= 0.6 is 0 Å². The van der Waals surface area contributed by atoms with Gasteiger partial charge in [0.15, 0.2) is 0 Å². The lowest BCUT2D eigenvalue weighted by molar-refractivity contribution is 0.0971. The van der Waals surface area contributed by atoms with Crippen molar-refractivity contribution in [2.24, 2.45) is 5.41 Å². The molecule has 0 aliphatic heterocycles. The molecule has 0 radical (unpaired) electrons. The Morgan fingerprint density at radius 3 is 2.30 bits per heavy atom. The number of amides is 1. The molecule has 0 aliphatic rings. The lowest BCUT2D eigenvalue weighted by Gasteiger charge is -2.16. The minimum atomic E-state index is -4.08. The highest BCUT2D eigenvalue weighted by molar-refractivity contribution is 7.90. The van der Waals surface area contributed by atoms with Crippen LogP contribution < -0.4 is 10.5 Å². The first-order chi connectivity index (χ1) is 15.4. The summed E-state index contributed by atoms with van der Waals surface area (Å²) in [7, 11) is -4.08. The number of nitrogens with one attached hydrogen (secondary N) is 1. The third kappa shape index (κ3) is 6.22. The monoisotopic (exact) mass is 468 g/mol. The maximum absolute atomic E-state index is 13.1. The third-order valence-corrected chi connectivity index (χ3v) is 6.87. The molecule has 176 valence electrons. The van der Waals surface area contributed by atoms with Gasteiger partial charge in [-0.15, -0.1) is 0 Å². The molecule has 1 aromatic heterocycles. The van der Waals surface area contributed by atoms with E-state index in [2.05, 4.69) is 30.6 Å². The number of nitrogens with zero attached hydrogens (tertiary/aromatic N) is 2. The Balaban J connectivity index is 1.96. The molecule has 3 rings (SSSR count). The molecule has 3 aromatic rings. The Kier molecular flexibility index (Phi) is 6.97. The van der Waals surface area contributed by atoms with Crippen molar-refractivity contribution in [3.05, 3.63) is 76.6 Å². The van der Waals surface area contributed by atoms with Crippen LogP contribution in [0.25, 0.3) is 0 Å². The van der Waals surface area contributed by atoms with Gasteiger partial charge in [-0.1, -0.05) is 45.0 Å². The number of rotatable bonds is 7. The number of carbonyl (C=O) groups is 1. The molecule has 3 N–H and O–H groups in total. The number of carbonyl (C=O) groups excluding carboxylic acids is 1. The van der Waals surface area contributed by atoms with E-state index in [4.69, 9.17) is 5.73 Å². The van der Waals surface area contributed by atoms with Gasteiger partial charge in [0.2, 0.25) is 0 Å². The smallest absolute Gasteiger partial charge is 0.283 e. The van der Waals surface area contributed by atoms with Gasteiger partial charge in [0.1, 0.15) is 5.69 Å². The van der Waals surface area contributed by atoms with Gasteiger partial charge in [-0.2, -0.15) is 5.10 Å². The predicted octanol–water partition coefficient (Wildman–Crippen LogP) is 4.23. The highest BCUT2D eigenvalue weighted by Gasteiger charge is 2.24. The van der Waals surface area contributed by atoms with E-state index in [9.17, 15) is 13.2 Å². The number of nitrogens with two attached hydrogens (primary N) is 1. The molecular formula is C25H32N4O3S. The van der Waals surface area contributed by atoms with E-state index in [1.54, 1.807) is 16.8 Å². The normalized spacial score (nSPS) is 12.0. The van der Waals surface area contributed by atoms with Gasteiger partial charge in [-0.3, -0.25) is 9.48 Å². The molecule has 1 amide bonds. The fourth-order valence-corrected chi connectivity index (χ4v) is 4.58. The van der Waals surface area contributed by atoms with Crippen LogP contribution in [0.3, 0.4) is 0 Å². The average molecular weight is 469 g/mol. The number of benzene rings is 2. The second-order valence-electron chi connectivity index (χ2n) is 9.62. The van der Waals surface area contributed by atoms with E-state index in [1.165, 1.54) is 18.2 Å². The van der Waals surface area contributed by atoms with Crippen LogP contribution in [0.5, 0.6) is 0 Å². The van der Waals surface area contributed by atoms with E-state index in [1.807, 2.05) is 32.0 Å². The molecule has 0 unspecified atom stereocenters. The first-order valence-corrected chi connectivity index (χ1v) is 12.4. The van der Waals surface area contributed by atoms with E-state index in [-0.39, 0.29) is 16.0 Å². The Labute approximate surface area is 196 Å². The second-order valence-corrected chi connectivity index (χ2v) is 11.3. The predicted molar refractivity (Wildman–Crippen MR) is 131 cm³/mol. The van der Waals surface area contributed by atoms with Crippen LogP contribution in [0.2, 0.25) is 0 Å². The van der Waals surface area contributed by atoms with Crippen molar-refractivity contribution in [2.45, 2.75) is 58.9 Å². The molecular weight excluding hydrogens is 436 g/mol. The molecule has 33 heavy (non-hydrogen) atoms. The molecule has 1 heterocycles. The zero-order valence-corrected chi connectivity index (χ0v) is 20.7. The van der Waals surface area contributed by atoms with E-state index >= 15 is 0 Å². The topological polar surface area (TPSA) is 107 Å². The largest absolute Gasteiger partial charge is 0.399 e. The number of aryl methyl sites for hydroxylation is 3. The van der Waals surface area contributed by atoms with Gasteiger partial charge in [0.05, 0.1) is 17.1 Å². The van der Waals surface area contributed by atoms with Gasteiger partial charge >= 0.3 is 0 Å². The number of anilines is 1. The van der Waals surface area contributed by atoms with E-state index < -0.39 is 15.9 Å². The molecule has 0 atom stereocenters. The molecule has 8 heteroatoms. The zero-order chi connectivity index (χ0) is 24.4. The lowest BCUT2D eigenvalue weighted by atomic mass is 9.90. The van der Waals surface area contributed by atoms with Gasteiger partial charge in [0.25, 0.3) is 15.9 Å². The molecule has 0 fully saturated rings. The van der Waals surface area contributed by atoms with Crippen molar-refractivity contribution in [1.82, 2.24) is 14.5 Å². The van der Waals surface area contributed by atoms with Crippen molar-refractivity contribution in [2.75, 3.05) is 5.73 Å². The minimum absolute atomic E-state index is 0.0652. The Bertz CT molecular complexity index is 1250. The summed E-state index contributed by atoms with van der Waals surface area (Å²) in [6.07, 6.45) is 1.57. The first kappa shape index (κ1) is 24.5. The Hall–Kier alpha value is -3.13. The molecule has 0 saturated carbocycles. The van der Waals surface area contributed by atoms with E-state index in [0.29, 0.717) is 18.7 Å². The fourth-order valence-electron chi connectivity index (χ4n) is 3.56. The summed E-state index contributed by atoms with van der Waals surface area (Å²) in [4.78, 5) is 13.1. The number of hydrogen-bond donors (Lipinski definition) is 2. The number of aromatic nitrogens is 2. The molecule has 0 spiro atoms. The summed E-state index contributed by atoms with van der Waals surface area (Å²) in [6, 6.07) is 13.5. The van der Waals surface area contributed by atoms with Crippen LogP contribution in [0.4, 0.5) is 5.69 Å². The van der Waals surface area contributed by atoms with Crippen molar-refractivity contribution in [3.63, 3.8) is 0 Å². The summed E-state index contributed by atoms with van der Waals surface area (Å²) in [5.41, 5.74) is 10.3. The summed E-state index contributed by atoms with van der Waals surface area (Å²) < 4.78 is 29.4. The minimum Gasteiger partial charge on any atom is -0.399 e. The number of hydrogen-bond acceptors (Lipinski definition) is 5. The number of nitrogen functional groups attached to an aromatic ring is 1. The quantitative estimate of drug-likeness (QED) is 0.505. The van der Waals surface area contributed by atoms with Gasteiger partial charge in [-0.05, 0) is 73.1 Å². The highest BCUT2D eigenvalue weighted by atomic mass is 32.2. The van der Waals surface area contributed by atoms with Gasteiger partial charge in [-0.25, -0.2) is 13.1 Å². The maximum Gasteiger partial charge on any atom is 0.283 e. The van der Waals surface area contributed by atoms with Crippen LogP contribution in [0.15, 0.2) is 53.4 Å². The van der Waals surface area contributed by atoms with Gasteiger partial charge in [0, 0.05) is 5.69 Å². The standard InChI is InChI=1S/C25H32N4O3S/c1-17-8-6-9-18(2)22(17)16-29-23(15-20(27-29)12-13-25(3,4)5)24(30)28-33(31,32)21-11-7-10-19(26)14-21/h6-11,14-15H,12-13,16,26H2,1-5H3,(H,28,30). The van der Waals surface area contributed by atoms with Crippen LogP contribution in [-0.4, -0.2) is 24.1 Å². The zero-order valence-electron chi connectivity index (χ0n) is 19.8. The summed E-state index contributed by atoms with van der Waals surface area (Å²) in [6.45, 7) is 10.8. The summed E-state index contributed by atoms with van der Waals surface area (Å²) in [5.74, 6) is -0.724. The molecule has 0 aliphatic carbocycles. The molecule has 0 bridgehead atoms. The average Bonchev–Trinajstić information content (AvgIpc) is 3.12. The van der Waals surface area contributed by atoms with Crippen molar-refractivity contribution in [3.8, 4) is 0 Å². The summed E-state index contributed by atoms with van der Waals surface area (Å²) in [5, 5.41) is 4.67. The van der Waals surface area contributed by atoms with Crippen LogP contribution in [0.1, 0.15) is 60.1 Å². The Morgan fingerprint density at radius 1 is 1.06 bits per heavy atom. The number of sulfonamides is 1. The van der Waals surface area contributed by atoms with Crippen LogP contribution in [-0.2, 0) is 23.0 Å². The van der Waals surface area contributed by atoms with Crippen molar-refractivity contribution < 1.29 is 13.2 Å². The lowest BCUT2D eigenvalue weighted by Crippen LogP contribution is -2.32. The molecule has 7 nitrogen and oxygen atoms in total. The highest BCUT2D eigenvalue weighted by Crippen LogP contribution is 2.23. The molecule has 2 aromatic carbocycles. The SMILES string of the molecule is Cc1cccc(C)c1Cn1nc(CCC(C)(C)C)cc1C(=O)NS(=O)(=O)c1cccc(N)c1. The van der Waals surface area contributed by atoms with Gasteiger partial charge < -0.3 is 5.73 Å². The summed E-state index contributed by atoms with van der Waals surface area (Å²) >= 11 is 0. The fraction of sp³-hybridized carbons (Fsp3) is 0.360. The third-order valence-electron chi connectivity index (χ3n) is 5.54. The molecule has 0 saturated heterocycles. The van der Waals surface area contributed by atoms with Crippen LogP contribution in [0, 0.1) is 19.3 Å².